The third-order valence-electron chi connectivity index (χ3n) is 3.01. The first-order valence-corrected chi connectivity index (χ1v) is 5.93. The Balaban J connectivity index is 2.09. The van der Waals surface area contributed by atoms with Gasteiger partial charge in [-0.1, -0.05) is 23.7 Å². The van der Waals surface area contributed by atoms with Crippen LogP contribution in [0.25, 0.3) is 11.1 Å². The number of benzene rings is 2. The molecule has 1 aliphatic rings. The summed E-state index contributed by atoms with van der Waals surface area (Å²) < 4.78 is 5.49. The van der Waals surface area contributed by atoms with E-state index in [2.05, 4.69) is 6.07 Å². The predicted molar refractivity (Wildman–Crippen MR) is 70.5 cm³/mol. The van der Waals surface area contributed by atoms with Gasteiger partial charge in [-0.3, -0.25) is 0 Å². The second-order valence-electron chi connectivity index (χ2n) is 4.15. The quantitative estimate of drug-likeness (QED) is 0.781. The summed E-state index contributed by atoms with van der Waals surface area (Å²) >= 11 is 5.90. The van der Waals surface area contributed by atoms with Gasteiger partial charge in [-0.2, -0.15) is 0 Å². The average molecular weight is 246 g/mol. The molecule has 2 N–H and O–H groups in total. The molecule has 3 rings (SSSR count). The van der Waals surface area contributed by atoms with Gasteiger partial charge in [0, 0.05) is 22.7 Å². The van der Waals surface area contributed by atoms with Crippen LogP contribution in [0.15, 0.2) is 36.4 Å². The van der Waals surface area contributed by atoms with Crippen LogP contribution in [0.3, 0.4) is 0 Å². The molecule has 0 atom stereocenters. The fourth-order valence-corrected chi connectivity index (χ4v) is 2.33. The lowest BCUT2D eigenvalue weighted by molar-refractivity contribution is 0.357. The molecule has 0 amide bonds. The summed E-state index contributed by atoms with van der Waals surface area (Å²) in [4.78, 5) is 0. The summed E-state index contributed by atoms with van der Waals surface area (Å²) in [5.74, 6) is 0.987. The van der Waals surface area contributed by atoms with E-state index in [4.69, 9.17) is 22.1 Å². The van der Waals surface area contributed by atoms with Crippen molar-refractivity contribution >= 4 is 17.3 Å². The Morgan fingerprint density at radius 3 is 2.82 bits per heavy atom. The van der Waals surface area contributed by atoms with Gasteiger partial charge in [0.2, 0.25) is 0 Å². The maximum absolute atomic E-state index is 5.98. The maximum atomic E-state index is 5.98. The van der Waals surface area contributed by atoms with Gasteiger partial charge in [-0.15, -0.1) is 0 Å². The monoisotopic (exact) mass is 245 g/mol. The Morgan fingerprint density at radius 2 is 2.00 bits per heavy atom. The zero-order chi connectivity index (χ0) is 11.8. The van der Waals surface area contributed by atoms with Crippen LogP contribution in [0.2, 0.25) is 5.02 Å². The highest BCUT2D eigenvalue weighted by molar-refractivity contribution is 6.31. The smallest absolute Gasteiger partial charge is 0.122 e. The Morgan fingerprint density at radius 1 is 1.12 bits per heavy atom. The van der Waals surface area contributed by atoms with Crippen LogP contribution in [0.4, 0.5) is 5.69 Å². The molecule has 3 heteroatoms. The normalized spacial score (nSPS) is 13.2. The Kier molecular flexibility index (Phi) is 2.45. The van der Waals surface area contributed by atoms with Crippen LogP contribution < -0.4 is 10.5 Å². The van der Waals surface area contributed by atoms with Gasteiger partial charge < -0.3 is 10.5 Å². The zero-order valence-corrected chi connectivity index (χ0v) is 10.00. The largest absolute Gasteiger partial charge is 0.493 e. The van der Waals surface area contributed by atoms with Gasteiger partial charge in [0.15, 0.2) is 0 Å². The number of hydrogen-bond donors (Lipinski definition) is 1. The lowest BCUT2D eigenvalue weighted by Gasteiger charge is -2.08. The first-order valence-electron chi connectivity index (χ1n) is 5.55. The highest BCUT2D eigenvalue weighted by Gasteiger charge is 2.13. The minimum absolute atomic E-state index is 0.663. The van der Waals surface area contributed by atoms with Crippen LogP contribution in [-0.2, 0) is 6.42 Å². The van der Waals surface area contributed by atoms with Crippen LogP contribution in [0.1, 0.15) is 5.56 Å². The van der Waals surface area contributed by atoms with Gasteiger partial charge in [-0.25, -0.2) is 0 Å². The van der Waals surface area contributed by atoms with Crippen molar-refractivity contribution in [3.63, 3.8) is 0 Å². The SMILES string of the molecule is Nc1cc(Cl)ccc1-c1ccc2c(c1)CCO2. The standard InChI is InChI=1S/C14H12ClNO/c15-11-2-3-12(13(16)8-11)9-1-4-14-10(7-9)5-6-17-14/h1-4,7-8H,5-6,16H2. The summed E-state index contributed by atoms with van der Waals surface area (Å²) in [6, 6.07) is 11.8. The minimum atomic E-state index is 0.663. The molecule has 2 aromatic carbocycles. The molecule has 86 valence electrons. The number of nitrogens with two attached hydrogens (primary N) is 1. The van der Waals surface area contributed by atoms with Crippen molar-refractivity contribution in [3.8, 4) is 16.9 Å². The number of anilines is 1. The van der Waals surface area contributed by atoms with Gasteiger partial charge in [-0.05, 0) is 35.4 Å². The second kappa shape index (κ2) is 3.97. The maximum Gasteiger partial charge on any atom is 0.122 e. The molecule has 17 heavy (non-hydrogen) atoms. The van der Waals surface area contributed by atoms with E-state index < -0.39 is 0 Å². The third kappa shape index (κ3) is 1.85. The molecule has 0 bridgehead atoms. The molecule has 0 saturated heterocycles. The number of nitrogen functional groups attached to an aromatic ring is 1. The van der Waals surface area contributed by atoms with Gasteiger partial charge in [0.25, 0.3) is 0 Å². The van der Waals surface area contributed by atoms with Crippen molar-refractivity contribution < 1.29 is 4.74 Å². The first-order chi connectivity index (χ1) is 8.24. The zero-order valence-electron chi connectivity index (χ0n) is 9.24. The molecular formula is C14H12ClNO. The average Bonchev–Trinajstić information content (AvgIpc) is 2.75. The van der Waals surface area contributed by atoms with E-state index in [0.717, 1.165) is 29.9 Å². The van der Waals surface area contributed by atoms with Crippen molar-refractivity contribution in [2.75, 3.05) is 12.3 Å². The molecule has 0 unspecified atom stereocenters. The van der Waals surface area contributed by atoms with E-state index in [9.17, 15) is 0 Å². The number of rotatable bonds is 1. The van der Waals surface area contributed by atoms with Gasteiger partial charge >= 0.3 is 0 Å². The molecule has 0 radical (unpaired) electrons. The second-order valence-corrected chi connectivity index (χ2v) is 4.59. The molecule has 0 fully saturated rings. The van der Waals surface area contributed by atoms with E-state index in [0.29, 0.717) is 10.7 Å². The number of fused-ring (bicyclic) bond motifs is 1. The molecule has 2 nitrogen and oxygen atoms in total. The van der Waals surface area contributed by atoms with Crippen molar-refractivity contribution in [2.24, 2.45) is 0 Å². The fraction of sp³-hybridized carbons (Fsp3) is 0.143. The minimum Gasteiger partial charge on any atom is -0.493 e. The van der Waals surface area contributed by atoms with Gasteiger partial charge in [0.05, 0.1) is 6.61 Å². The highest BCUT2D eigenvalue weighted by atomic mass is 35.5. The van der Waals surface area contributed by atoms with E-state index in [1.165, 1.54) is 5.56 Å². The van der Waals surface area contributed by atoms with Crippen molar-refractivity contribution in [3.05, 3.63) is 47.0 Å². The lowest BCUT2D eigenvalue weighted by Crippen LogP contribution is -1.90. The van der Waals surface area contributed by atoms with Crippen molar-refractivity contribution in [2.45, 2.75) is 6.42 Å². The summed E-state index contributed by atoms with van der Waals surface area (Å²) in [6.45, 7) is 0.773. The summed E-state index contributed by atoms with van der Waals surface area (Å²) in [7, 11) is 0. The van der Waals surface area contributed by atoms with Crippen LogP contribution in [-0.4, -0.2) is 6.61 Å². The molecule has 0 aliphatic carbocycles. The van der Waals surface area contributed by atoms with E-state index in [-0.39, 0.29) is 0 Å². The Hall–Kier alpha value is -1.67. The van der Waals surface area contributed by atoms with E-state index in [1.54, 1.807) is 6.07 Å². The van der Waals surface area contributed by atoms with Gasteiger partial charge in [0.1, 0.15) is 5.75 Å². The van der Waals surface area contributed by atoms with E-state index in [1.807, 2.05) is 24.3 Å². The third-order valence-corrected chi connectivity index (χ3v) is 3.25. The Bertz CT molecular complexity index is 580. The molecule has 1 heterocycles. The fourth-order valence-electron chi connectivity index (χ4n) is 2.15. The van der Waals surface area contributed by atoms with E-state index >= 15 is 0 Å². The van der Waals surface area contributed by atoms with Crippen molar-refractivity contribution in [1.29, 1.82) is 0 Å². The summed E-state index contributed by atoms with van der Waals surface area (Å²) in [6.07, 6.45) is 0.969. The molecule has 2 aromatic rings. The number of hydrogen-bond acceptors (Lipinski definition) is 2. The summed E-state index contributed by atoms with van der Waals surface area (Å²) in [5, 5.41) is 0.663. The summed E-state index contributed by atoms with van der Waals surface area (Å²) in [5.41, 5.74) is 10.1. The van der Waals surface area contributed by atoms with Crippen molar-refractivity contribution in [1.82, 2.24) is 0 Å². The van der Waals surface area contributed by atoms with Crippen LogP contribution in [0, 0.1) is 0 Å². The van der Waals surface area contributed by atoms with Crippen LogP contribution in [0.5, 0.6) is 5.75 Å². The first kappa shape index (κ1) is 10.5. The molecule has 0 aromatic heterocycles. The lowest BCUT2D eigenvalue weighted by atomic mass is 10.0. The Labute approximate surface area is 105 Å². The highest BCUT2D eigenvalue weighted by Crippen LogP contribution is 2.33. The number of ether oxygens (including phenoxy) is 1. The molecule has 1 aliphatic heterocycles. The molecule has 0 spiro atoms. The predicted octanol–water partition coefficient (Wildman–Crippen LogP) is 3.52. The molecule has 0 saturated carbocycles. The number of halogens is 1. The molecular weight excluding hydrogens is 234 g/mol. The topological polar surface area (TPSA) is 35.2 Å². The van der Waals surface area contributed by atoms with Crippen LogP contribution >= 0.6 is 11.6 Å².